The van der Waals surface area contributed by atoms with Crippen LogP contribution in [0.2, 0.25) is 0 Å². The quantitative estimate of drug-likeness (QED) is 0.508. The second-order valence-corrected chi connectivity index (χ2v) is 8.15. The molecular formula is C28H22N2O5. The van der Waals surface area contributed by atoms with E-state index in [-0.39, 0.29) is 37.0 Å². The third-order valence-electron chi connectivity index (χ3n) is 6.20. The highest BCUT2D eigenvalue weighted by Gasteiger charge is 2.45. The summed E-state index contributed by atoms with van der Waals surface area (Å²) in [6, 6.07) is 22.1. The van der Waals surface area contributed by atoms with Crippen LogP contribution in [0.1, 0.15) is 44.3 Å². The van der Waals surface area contributed by atoms with E-state index in [1.54, 1.807) is 49.5 Å². The van der Waals surface area contributed by atoms with E-state index >= 15 is 0 Å². The monoisotopic (exact) mass is 466 g/mol. The molecule has 7 heteroatoms. The maximum Gasteiger partial charge on any atom is 0.342 e. The summed E-state index contributed by atoms with van der Waals surface area (Å²) in [5, 5.41) is 10.7. The second-order valence-electron chi connectivity index (χ2n) is 8.15. The van der Waals surface area contributed by atoms with Crippen LogP contribution in [0.3, 0.4) is 0 Å². The molecule has 174 valence electrons. The average Bonchev–Trinajstić information content (AvgIpc) is 3.37. The molecule has 0 saturated carbocycles. The standard InChI is InChI=1S/C28H22N2O5/c1-2-33-27(32)24-21(12-13-23-25(24)35-18-34-23)16-28(17-29)22-11-7-6-8-19(22)14-15-30(28)26(31)20-9-4-3-5-10-20/h3-15H,2,16,18H2,1H3. The van der Waals surface area contributed by atoms with Crippen LogP contribution in [0.25, 0.3) is 6.08 Å². The zero-order valence-electron chi connectivity index (χ0n) is 19.1. The fourth-order valence-corrected chi connectivity index (χ4v) is 4.59. The molecule has 3 aromatic carbocycles. The molecular weight excluding hydrogens is 444 g/mol. The predicted molar refractivity (Wildman–Crippen MR) is 128 cm³/mol. The maximum absolute atomic E-state index is 13.7. The first-order chi connectivity index (χ1) is 17.1. The van der Waals surface area contributed by atoms with Crippen LogP contribution in [-0.4, -0.2) is 30.2 Å². The highest BCUT2D eigenvalue weighted by molar-refractivity contribution is 5.98. The number of hydrogen-bond donors (Lipinski definition) is 0. The van der Waals surface area contributed by atoms with Gasteiger partial charge < -0.3 is 14.2 Å². The number of carbonyl (C=O) groups excluding carboxylic acids is 2. The second kappa shape index (κ2) is 8.99. The lowest BCUT2D eigenvalue weighted by molar-refractivity contribution is 0.0519. The highest BCUT2D eigenvalue weighted by atomic mass is 16.7. The molecule has 5 rings (SSSR count). The number of nitrogens with zero attached hydrogens (tertiary/aromatic N) is 2. The maximum atomic E-state index is 13.7. The van der Waals surface area contributed by atoms with Gasteiger partial charge in [-0.25, -0.2) is 4.79 Å². The molecule has 2 aliphatic rings. The first kappa shape index (κ1) is 22.2. The number of esters is 1. The van der Waals surface area contributed by atoms with Crippen molar-refractivity contribution in [2.24, 2.45) is 0 Å². The van der Waals surface area contributed by atoms with E-state index in [1.807, 2.05) is 36.4 Å². The number of hydrogen-bond acceptors (Lipinski definition) is 6. The highest BCUT2D eigenvalue weighted by Crippen LogP contribution is 2.44. The van der Waals surface area contributed by atoms with Crippen LogP contribution in [-0.2, 0) is 16.7 Å². The van der Waals surface area contributed by atoms with Gasteiger partial charge in [0.1, 0.15) is 5.56 Å². The van der Waals surface area contributed by atoms with E-state index in [9.17, 15) is 14.9 Å². The summed E-state index contributed by atoms with van der Waals surface area (Å²) >= 11 is 0. The lowest BCUT2D eigenvalue weighted by atomic mass is 9.78. The van der Waals surface area contributed by atoms with E-state index in [4.69, 9.17) is 14.2 Å². The van der Waals surface area contributed by atoms with Gasteiger partial charge in [-0.05, 0) is 47.9 Å². The van der Waals surface area contributed by atoms with Gasteiger partial charge in [-0.1, -0.05) is 48.5 Å². The fraction of sp³-hybridized carbons (Fsp3) is 0.179. The Hall–Kier alpha value is -4.57. The van der Waals surface area contributed by atoms with Gasteiger partial charge in [0.2, 0.25) is 6.79 Å². The average molecular weight is 466 g/mol. The normalized spacial score (nSPS) is 17.4. The minimum Gasteiger partial charge on any atom is -0.462 e. The Morgan fingerprint density at radius 3 is 2.60 bits per heavy atom. The van der Waals surface area contributed by atoms with Gasteiger partial charge in [-0.2, -0.15) is 5.26 Å². The first-order valence-corrected chi connectivity index (χ1v) is 11.3. The third-order valence-corrected chi connectivity index (χ3v) is 6.20. The first-order valence-electron chi connectivity index (χ1n) is 11.3. The van der Waals surface area contributed by atoms with Crippen molar-refractivity contribution < 1.29 is 23.8 Å². The zero-order chi connectivity index (χ0) is 24.4. The Morgan fingerprint density at radius 1 is 1.06 bits per heavy atom. The number of benzene rings is 3. The number of carbonyl (C=O) groups is 2. The third kappa shape index (κ3) is 3.69. The summed E-state index contributed by atoms with van der Waals surface area (Å²) in [7, 11) is 0. The molecule has 35 heavy (non-hydrogen) atoms. The van der Waals surface area contributed by atoms with Crippen LogP contribution >= 0.6 is 0 Å². The summed E-state index contributed by atoms with van der Waals surface area (Å²) in [6.07, 6.45) is 3.49. The largest absolute Gasteiger partial charge is 0.462 e. The molecule has 0 radical (unpaired) electrons. The smallest absolute Gasteiger partial charge is 0.342 e. The van der Waals surface area contributed by atoms with Crippen LogP contribution in [0.4, 0.5) is 0 Å². The van der Waals surface area contributed by atoms with E-state index < -0.39 is 11.5 Å². The summed E-state index contributed by atoms with van der Waals surface area (Å²) in [4.78, 5) is 28.1. The van der Waals surface area contributed by atoms with E-state index in [2.05, 4.69) is 6.07 Å². The van der Waals surface area contributed by atoms with E-state index in [0.717, 1.165) is 5.56 Å². The zero-order valence-corrected chi connectivity index (χ0v) is 19.1. The Bertz CT molecular complexity index is 1380. The molecule has 1 unspecified atom stereocenters. The van der Waals surface area contributed by atoms with Crippen LogP contribution < -0.4 is 9.47 Å². The molecule has 1 amide bonds. The molecule has 2 aliphatic heterocycles. The number of rotatable bonds is 5. The van der Waals surface area contributed by atoms with Crippen molar-refractivity contribution in [3.8, 4) is 17.6 Å². The molecule has 3 aromatic rings. The Balaban J connectivity index is 1.68. The van der Waals surface area contributed by atoms with Crippen molar-refractivity contribution in [1.29, 1.82) is 5.26 Å². The fourth-order valence-electron chi connectivity index (χ4n) is 4.59. The molecule has 0 spiro atoms. The van der Waals surface area contributed by atoms with Crippen molar-refractivity contribution in [3.63, 3.8) is 0 Å². The number of amides is 1. The van der Waals surface area contributed by atoms with Crippen molar-refractivity contribution in [3.05, 3.63) is 101 Å². The molecule has 2 heterocycles. The van der Waals surface area contributed by atoms with Gasteiger partial charge in [0.15, 0.2) is 17.0 Å². The molecule has 0 aromatic heterocycles. The number of ether oxygens (including phenoxy) is 3. The summed E-state index contributed by atoms with van der Waals surface area (Å²) in [5.74, 6) is -0.173. The van der Waals surface area contributed by atoms with Gasteiger partial charge in [0.25, 0.3) is 5.91 Å². The van der Waals surface area contributed by atoms with Crippen LogP contribution in [0.15, 0.2) is 72.9 Å². The van der Waals surface area contributed by atoms with E-state index in [0.29, 0.717) is 22.4 Å². The minimum atomic E-state index is -1.42. The molecule has 1 atom stereocenters. The number of nitriles is 1. The molecule has 0 saturated heterocycles. The van der Waals surface area contributed by atoms with Gasteiger partial charge >= 0.3 is 5.97 Å². The molecule has 0 bridgehead atoms. The molecule has 7 nitrogen and oxygen atoms in total. The summed E-state index contributed by atoms with van der Waals surface area (Å²) < 4.78 is 16.4. The minimum absolute atomic E-state index is 0.0151. The molecule has 0 fully saturated rings. The van der Waals surface area contributed by atoms with Gasteiger partial charge in [-0.15, -0.1) is 0 Å². The predicted octanol–water partition coefficient (Wildman–Crippen LogP) is 4.68. The number of fused-ring (bicyclic) bond motifs is 2. The van der Waals surface area contributed by atoms with Crippen molar-refractivity contribution in [1.82, 2.24) is 4.90 Å². The lowest BCUT2D eigenvalue weighted by Gasteiger charge is -2.40. The Labute approximate surface area is 202 Å². The van der Waals surface area contributed by atoms with Crippen LogP contribution in [0, 0.1) is 11.3 Å². The van der Waals surface area contributed by atoms with Crippen molar-refractivity contribution >= 4 is 18.0 Å². The van der Waals surface area contributed by atoms with Crippen LogP contribution in [0.5, 0.6) is 11.5 Å². The Kier molecular flexibility index (Phi) is 5.71. The summed E-state index contributed by atoms with van der Waals surface area (Å²) in [6.45, 7) is 1.88. The van der Waals surface area contributed by atoms with Gasteiger partial charge in [0, 0.05) is 18.2 Å². The summed E-state index contributed by atoms with van der Waals surface area (Å²) in [5.41, 5.74) is 1.24. The topological polar surface area (TPSA) is 88.9 Å². The van der Waals surface area contributed by atoms with Gasteiger partial charge in [-0.3, -0.25) is 9.69 Å². The Morgan fingerprint density at radius 2 is 1.83 bits per heavy atom. The molecule has 0 aliphatic carbocycles. The van der Waals surface area contributed by atoms with Crippen molar-refractivity contribution in [2.45, 2.75) is 18.9 Å². The van der Waals surface area contributed by atoms with Gasteiger partial charge in [0.05, 0.1) is 12.7 Å². The lowest BCUT2D eigenvalue weighted by Crippen LogP contribution is -2.49. The SMILES string of the molecule is CCOC(=O)c1c(CC2(C#N)c3ccccc3C=CN2C(=O)c2ccccc2)ccc2c1OCO2. The van der Waals surface area contributed by atoms with Crippen molar-refractivity contribution in [2.75, 3.05) is 13.4 Å². The molecule has 0 N–H and O–H groups in total. The van der Waals surface area contributed by atoms with E-state index in [1.165, 1.54) is 4.90 Å².